The van der Waals surface area contributed by atoms with Gasteiger partial charge in [-0.2, -0.15) is 0 Å². The highest BCUT2D eigenvalue weighted by molar-refractivity contribution is 5.94. The van der Waals surface area contributed by atoms with Gasteiger partial charge in [0, 0.05) is 18.7 Å². The van der Waals surface area contributed by atoms with Gasteiger partial charge in [0.05, 0.1) is 19.8 Å². The summed E-state index contributed by atoms with van der Waals surface area (Å²) >= 11 is 0. The van der Waals surface area contributed by atoms with Crippen molar-refractivity contribution in [3.05, 3.63) is 34.9 Å². The van der Waals surface area contributed by atoms with Crippen molar-refractivity contribution in [1.82, 2.24) is 4.90 Å². The molecule has 1 heterocycles. The van der Waals surface area contributed by atoms with E-state index in [2.05, 4.69) is 6.92 Å². The Morgan fingerprint density at radius 2 is 2.11 bits per heavy atom. The van der Waals surface area contributed by atoms with Gasteiger partial charge in [0.1, 0.15) is 0 Å². The van der Waals surface area contributed by atoms with E-state index in [-0.39, 0.29) is 12.5 Å². The van der Waals surface area contributed by atoms with E-state index in [1.807, 2.05) is 18.2 Å². The van der Waals surface area contributed by atoms with E-state index in [1.165, 1.54) is 5.56 Å². The summed E-state index contributed by atoms with van der Waals surface area (Å²) in [6, 6.07) is 5.74. The second kappa shape index (κ2) is 6.68. The third kappa shape index (κ3) is 3.33. The van der Waals surface area contributed by atoms with Crippen LogP contribution in [0.2, 0.25) is 0 Å². The first-order chi connectivity index (χ1) is 9.26. The number of aliphatic hydroxyl groups excluding tert-OH is 1. The summed E-state index contributed by atoms with van der Waals surface area (Å²) < 4.78 is 5.36. The molecular formula is C15H21NO3. The van der Waals surface area contributed by atoms with Crippen LogP contribution in [0.25, 0.3) is 0 Å². The Bertz CT molecular complexity index is 445. The van der Waals surface area contributed by atoms with E-state index in [0.717, 1.165) is 18.4 Å². The van der Waals surface area contributed by atoms with Gasteiger partial charge in [-0.05, 0) is 29.7 Å². The molecule has 4 heteroatoms. The largest absolute Gasteiger partial charge is 0.395 e. The van der Waals surface area contributed by atoms with Gasteiger partial charge < -0.3 is 14.7 Å². The fourth-order valence-electron chi connectivity index (χ4n) is 2.27. The highest BCUT2D eigenvalue weighted by Gasteiger charge is 2.18. The number of unbranched alkanes of at least 4 members (excludes halogenated alkanes) is 1. The number of aliphatic hydroxyl groups is 1. The molecule has 1 N–H and O–H groups in total. The number of hydrogen-bond acceptors (Lipinski definition) is 3. The van der Waals surface area contributed by atoms with E-state index in [0.29, 0.717) is 31.9 Å². The lowest BCUT2D eigenvalue weighted by Crippen LogP contribution is -2.34. The highest BCUT2D eigenvalue weighted by atomic mass is 16.5. The van der Waals surface area contributed by atoms with E-state index in [9.17, 15) is 4.79 Å². The summed E-state index contributed by atoms with van der Waals surface area (Å²) in [5.74, 6) is -0.00259. The molecule has 0 atom stereocenters. The molecule has 0 fully saturated rings. The number of amides is 1. The lowest BCUT2D eigenvalue weighted by atomic mass is 10.1. The molecule has 4 nitrogen and oxygen atoms in total. The number of fused-ring (bicyclic) bond motifs is 1. The van der Waals surface area contributed by atoms with E-state index in [4.69, 9.17) is 9.84 Å². The van der Waals surface area contributed by atoms with Gasteiger partial charge in [-0.1, -0.05) is 19.4 Å². The van der Waals surface area contributed by atoms with Gasteiger partial charge in [0.2, 0.25) is 0 Å². The second-order valence-corrected chi connectivity index (χ2v) is 4.85. The summed E-state index contributed by atoms with van der Waals surface area (Å²) in [6.45, 7) is 4.42. The molecule has 19 heavy (non-hydrogen) atoms. The molecule has 0 saturated heterocycles. The number of hydrogen-bond donors (Lipinski definition) is 1. The molecule has 0 radical (unpaired) electrons. The second-order valence-electron chi connectivity index (χ2n) is 4.85. The molecular weight excluding hydrogens is 242 g/mol. The SMILES string of the molecule is CCCCN(CCO)C(=O)c1ccc2c(c1)COC2. The normalized spacial score (nSPS) is 13.4. The molecule has 1 aromatic rings. The van der Waals surface area contributed by atoms with Gasteiger partial charge >= 0.3 is 0 Å². The number of ether oxygens (including phenoxy) is 1. The first-order valence-corrected chi connectivity index (χ1v) is 6.86. The average Bonchev–Trinajstić information content (AvgIpc) is 2.90. The van der Waals surface area contributed by atoms with Crippen LogP contribution in [-0.4, -0.2) is 35.6 Å². The Hall–Kier alpha value is -1.39. The quantitative estimate of drug-likeness (QED) is 0.853. The molecule has 104 valence electrons. The van der Waals surface area contributed by atoms with Gasteiger partial charge in [0.25, 0.3) is 5.91 Å². The summed E-state index contributed by atoms with van der Waals surface area (Å²) in [4.78, 5) is 14.1. The minimum Gasteiger partial charge on any atom is -0.395 e. The number of carbonyl (C=O) groups excluding carboxylic acids is 1. The zero-order chi connectivity index (χ0) is 13.7. The molecule has 0 bridgehead atoms. The molecule has 0 unspecified atom stereocenters. The van der Waals surface area contributed by atoms with Crippen molar-refractivity contribution in [2.45, 2.75) is 33.0 Å². The van der Waals surface area contributed by atoms with Gasteiger partial charge in [-0.25, -0.2) is 0 Å². The van der Waals surface area contributed by atoms with Crippen LogP contribution in [0.1, 0.15) is 41.3 Å². The molecule has 1 amide bonds. The van der Waals surface area contributed by atoms with Crippen LogP contribution < -0.4 is 0 Å². The number of benzene rings is 1. The van der Waals surface area contributed by atoms with Crippen molar-refractivity contribution in [2.75, 3.05) is 19.7 Å². The van der Waals surface area contributed by atoms with E-state index in [1.54, 1.807) is 4.90 Å². The molecule has 1 aliphatic rings. The van der Waals surface area contributed by atoms with Crippen molar-refractivity contribution in [3.63, 3.8) is 0 Å². The minimum atomic E-state index is -0.00259. The van der Waals surface area contributed by atoms with Crippen LogP contribution in [0.4, 0.5) is 0 Å². The number of carbonyl (C=O) groups is 1. The predicted molar refractivity (Wildman–Crippen MR) is 72.8 cm³/mol. The molecule has 0 saturated carbocycles. The van der Waals surface area contributed by atoms with Gasteiger partial charge in [-0.3, -0.25) is 4.79 Å². The zero-order valence-corrected chi connectivity index (χ0v) is 11.4. The van der Waals surface area contributed by atoms with Crippen molar-refractivity contribution in [1.29, 1.82) is 0 Å². The lowest BCUT2D eigenvalue weighted by molar-refractivity contribution is 0.0719. The Balaban J connectivity index is 2.11. The van der Waals surface area contributed by atoms with Crippen LogP contribution in [0.5, 0.6) is 0 Å². The Kier molecular flexibility index (Phi) is 4.93. The van der Waals surface area contributed by atoms with Crippen LogP contribution >= 0.6 is 0 Å². The fraction of sp³-hybridized carbons (Fsp3) is 0.533. The van der Waals surface area contributed by atoms with Crippen LogP contribution in [0.15, 0.2) is 18.2 Å². The Morgan fingerprint density at radius 3 is 2.84 bits per heavy atom. The number of nitrogens with zero attached hydrogens (tertiary/aromatic N) is 1. The molecule has 0 aliphatic carbocycles. The van der Waals surface area contributed by atoms with E-state index < -0.39 is 0 Å². The van der Waals surface area contributed by atoms with Crippen molar-refractivity contribution in [3.8, 4) is 0 Å². The first kappa shape index (κ1) is 14.0. The smallest absolute Gasteiger partial charge is 0.253 e. The van der Waals surface area contributed by atoms with Crippen molar-refractivity contribution < 1.29 is 14.6 Å². The van der Waals surface area contributed by atoms with E-state index >= 15 is 0 Å². The monoisotopic (exact) mass is 263 g/mol. The molecule has 0 spiro atoms. The third-order valence-corrected chi connectivity index (χ3v) is 3.41. The Labute approximate surface area is 114 Å². The summed E-state index contributed by atoms with van der Waals surface area (Å²) in [5.41, 5.74) is 2.96. The average molecular weight is 263 g/mol. The topological polar surface area (TPSA) is 49.8 Å². The summed E-state index contributed by atoms with van der Waals surface area (Å²) in [7, 11) is 0. The molecule has 0 aromatic heterocycles. The lowest BCUT2D eigenvalue weighted by Gasteiger charge is -2.21. The minimum absolute atomic E-state index is 0.00259. The number of rotatable bonds is 6. The van der Waals surface area contributed by atoms with Crippen LogP contribution in [0.3, 0.4) is 0 Å². The molecule has 1 aromatic carbocycles. The van der Waals surface area contributed by atoms with Gasteiger partial charge in [0.15, 0.2) is 0 Å². The maximum atomic E-state index is 12.4. The highest BCUT2D eigenvalue weighted by Crippen LogP contribution is 2.21. The van der Waals surface area contributed by atoms with Crippen molar-refractivity contribution >= 4 is 5.91 Å². The maximum Gasteiger partial charge on any atom is 0.253 e. The van der Waals surface area contributed by atoms with Crippen LogP contribution in [-0.2, 0) is 18.0 Å². The molecule has 2 rings (SSSR count). The predicted octanol–water partition coefficient (Wildman–Crippen LogP) is 1.95. The summed E-state index contributed by atoms with van der Waals surface area (Å²) in [6.07, 6.45) is 1.99. The van der Waals surface area contributed by atoms with Crippen LogP contribution in [0, 0.1) is 0 Å². The first-order valence-electron chi connectivity index (χ1n) is 6.86. The van der Waals surface area contributed by atoms with Crippen molar-refractivity contribution in [2.24, 2.45) is 0 Å². The fourth-order valence-corrected chi connectivity index (χ4v) is 2.27. The summed E-state index contributed by atoms with van der Waals surface area (Å²) in [5, 5.41) is 9.07. The standard InChI is InChI=1S/C15H21NO3/c1-2-3-6-16(7-8-17)15(18)12-4-5-13-10-19-11-14(13)9-12/h4-5,9,17H,2-3,6-8,10-11H2,1H3. The maximum absolute atomic E-state index is 12.4. The Morgan fingerprint density at radius 1 is 1.32 bits per heavy atom. The zero-order valence-electron chi connectivity index (χ0n) is 11.4. The molecule has 1 aliphatic heterocycles. The third-order valence-electron chi connectivity index (χ3n) is 3.41. The van der Waals surface area contributed by atoms with Gasteiger partial charge in [-0.15, -0.1) is 0 Å².